The Kier molecular flexibility index (Phi) is 5.43. The van der Waals surface area contributed by atoms with Gasteiger partial charge in [-0.3, -0.25) is 9.59 Å². The van der Waals surface area contributed by atoms with E-state index in [1.807, 2.05) is 0 Å². The molecule has 9 heteroatoms. The van der Waals surface area contributed by atoms with E-state index in [4.69, 9.17) is 5.73 Å². The van der Waals surface area contributed by atoms with E-state index >= 15 is 0 Å². The third-order valence-electron chi connectivity index (χ3n) is 4.21. The number of aryl methyl sites for hydroxylation is 2. The predicted molar refractivity (Wildman–Crippen MR) is 105 cm³/mol. The molecule has 150 valence electrons. The number of thiazole rings is 1. The first-order chi connectivity index (χ1) is 13.6. The monoisotopic (exact) mass is 419 g/mol. The van der Waals surface area contributed by atoms with Crippen LogP contribution in [0.15, 0.2) is 42.5 Å². The fourth-order valence-corrected chi connectivity index (χ4v) is 3.71. The van der Waals surface area contributed by atoms with Crippen LogP contribution < -0.4 is 11.1 Å². The number of nitrogens with zero attached hydrogens (tertiary/aromatic N) is 1. The van der Waals surface area contributed by atoms with Crippen LogP contribution in [0.3, 0.4) is 0 Å². The maximum atomic E-state index is 12.7. The standard InChI is InChI=1S/C20H16F3N3O2S/c1-10-9-14(7-8-15(10)17(24)27)26-18(28)16-11(2)25-19(29-16)12-3-5-13(6-4-12)20(21,22)23/h3-9H,1-2H3,(H2,24,27)(H,26,28). The SMILES string of the molecule is Cc1cc(NC(=O)c2sc(-c3ccc(C(F)(F)F)cc3)nc2C)ccc1C(N)=O. The van der Waals surface area contributed by atoms with Crippen molar-refractivity contribution >= 4 is 28.8 Å². The van der Waals surface area contributed by atoms with Crippen LogP contribution in [0.1, 0.15) is 36.9 Å². The van der Waals surface area contributed by atoms with Gasteiger partial charge in [-0.05, 0) is 49.7 Å². The number of hydrogen-bond acceptors (Lipinski definition) is 4. The zero-order valence-electron chi connectivity index (χ0n) is 15.4. The highest BCUT2D eigenvalue weighted by molar-refractivity contribution is 7.17. The molecule has 0 spiro atoms. The molecule has 0 aliphatic rings. The van der Waals surface area contributed by atoms with Crippen molar-refractivity contribution < 1.29 is 22.8 Å². The summed E-state index contributed by atoms with van der Waals surface area (Å²) in [6, 6.07) is 9.34. The molecule has 0 unspecified atom stereocenters. The molecule has 5 nitrogen and oxygen atoms in total. The summed E-state index contributed by atoms with van der Waals surface area (Å²) in [4.78, 5) is 28.6. The smallest absolute Gasteiger partial charge is 0.366 e. The van der Waals surface area contributed by atoms with Gasteiger partial charge in [0, 0.05) is 16.8 Å². The normalized spacial score (nSPS) is 11.3. The molecule has 0 saturated carbocycles. The van der Waals surface area contributed by atoms with Gasteiger partial charge in [0.2, 0.25) is 5.91 Å². The van der Waals surface area contributed by atoms with Crippen LogP contribution in [0.5, 0.6) is 0 Å². The number of nitrogens with two attached hydrogens (primary N) is 1. The highest BCUT2D eigenvalue weighted by Gasteiger charge is 2.30. The molecule has 0 saturated heterocycles. The van der Waals surface area contributed by atoms with Gasteiger partial charge in [-0.15, -0.1) is 11.3 Å². The molecule has 3 N–H and O–H groups in total. The zero-order valence-corrected chi connectivity index (χ0v) is 16.2. The minimum Gasteiger partial charge on any atom is -0.366 e. The second kappa shape index (κ2) is 7.67. The molecule has 0 aliphatic carbocycles. The number of carbonyl (C=O) groups is 2. The van der Waals surface area contributed by atoms with Gasteiger partial charge in [-0.1, -0.05) is 12.1 Å². The molecule has 0 fully saturated rings. The first-order valence-electron chi connectivity index (χ1n) is 8.43. The van der Waals surface area contributed by atoms with E-state index in [9.17, 15) is 22.8 Å². The van der Waals surface area contributed by atoms with Crippen molar-refractivity contribution in [2.24, 2.45) is 5.73 Å². The Hall–Kier alpha value is -3.20. The molecule has 1 heterocycles. The average Bonchev–Trinajstić information content (AvgIpc) is 3.03. The Morgan fingerprint density at radius 3 is 2.28 bits per heavy atom. The van der Waals surface area contributed by atoms with Crippen molar-refractivity contribution in [2.75, 3.05) is 5.32 Å². The van der Waals surface area contributed by atoms with Gasteiger partial charge in [-0.25, -0.2) is 4.98 Å². The number of amides is 2. The van der Waals surface area contributed by atoms with Gasteiger partial charge in [0.15, 0.2) is 0 Å². The van der Waals surface area contributed by atoms with Crippen LogP contribution in [-0.4, -0.2) is 16.8 Å². The molecule has 1 aromatic heterocycles. The van der Waals surface area contributed by atoms with Crippen molar-refractivity contribution in [1.82, 2.24) is 4.98 Å². The summed E-state index contributed by atoms with van der Waals surface area (Å²) in [6.07, 6.45) is -4.41. The van der Waals surface area contributed by atoms with Crippen molar-refractivity contribution in [3.63, 3.8) is 0 Å². The number of primary amides is 1. The maximum absolute atomic E-state index is 12.7. The number of hydrogen-bond donors (Lipinski definition) is 2. The molecule has 3 aromatic rings. The van der Waals surface area contributed by atoms with Crippen LogP contribution >= 0.6 is 11.3 Å². The molecule has 0 bridgehead atoms. The van der Waals surface area contributed by atoms with Crippen LogP contribution in [0.25, 0.3) is 10.6 Å². The summed E-state index contributed by atoms with van der Waals surface area (Å²) in [5.74, 6) is -0.954. The van der Waals surface area contributed by atoms with Gasteiger partial charge in [0.25, 0.3) is 5.91 Å². The second-order valence-corrected chi connectivity index (χ2v) is 7.36. The minimum atomic E-state index is -4.41. The lowest BCUT2D eigenvalue weighted by Crippen LogP contribution is -2.14. The van der Waals surface area contributed by atoms with E-state index in [2.05, 4.69) is 10.3 Å². The summed E-state index contributed by atoms with van der Waals surface area (Å²) >= 11 is 1.09. The lowest BCUT2D eigenvalue weighted by atomic mass is 10.1. The van der Waals surface area contributed by atoms with Gasteiger partial charge < -0.3 is 11.1 Å². The van der Waals surface area contributed by atoms with Crippen LogP contribution in [-0.2, 0) is 6.18 Å². The van der Waals surface area contributed by atoms with E-state index in [0.29, 0.717) is 38.0 Å². The molecule has 3 rings (SSSR count). The summed E-state index contributed by atoms with van der Waals surface area (Å²) in [5, 5.41) is 3.18. The lowest BCUT2D eigenvalue weighted by Gasteiger charge is -2.07. The van der Waals surface area contributed by atoms with Crippen molar-refractivity contribution in [3.8, 4) is 10.6 Å². The largest absolute Gasteiger partial charge is 0.416 e. The first-order valence-corrected chi connectivity index (χ1v) is 9.25. The number of nitrogens with one attached hydrogen (secondary N) is 1. The van der Waals surface area contributed by atoms with E-state index in [-0.39, 0.29) is 0 Å². The summed E-state index contributed by atoms with van der Waals surface area (Å²) in [7, 11) is 0. The summed E-state index contributed by atoms with van der Waals surface area (Å²) in [5.41, 5.74) is 6.96. The fourth-order valence-electron chi connectivity index (χ4n) is 2.74. The topological polar surface area (TPSA) is 85.1 Å². The summed E-state index contributed by atoms with van der Waals surface area (Å²) < 4.78 is 38.1. The second-order valence-electron chi connectivity index (χ2n) is 6.36. The minimum absolute atomic E-state index is 0.344. The molecule has 2 aromatic carbocycles. The Balaban J connectivity index is 1.82. The highest BCUT2D eigenvalue weighted by Crippen LogP contribution is 2.33. The molecular weight excluding hydrogens is 403 g/mol. The highest BCUT2D eigenvalue weighted by atomic mass is 32.1. The molecule has 0 radical (unpaired) electrons. The maximum Gasteiger partial charge on any atom is 0.416 e. The van der Waals surface area contributed by atoms with E-state index in [1.165, 1.54) is 18.2 Å². The number of carbonyl (C=O) groups excluding carboxylic acids is 2. The first kappa shape index (κ1) is 20.5. The number of alkyl halides is 3. The molecule has 29 heavy (non-hydrogen) atoms. The third-order valence-corrected chi connectivity index (χ3v) is 5.42. The molecule has 0 aliphatic heterocycles. The number of benzene rings is 2. The van der Waals surface area contributed by atoms with E-state index < -0.39 is 23.6 Å². The van der Waals surface area contributed by atoms with Crippen molar-refractivity contribution in [1.29, 1.82) is 0 Å². The third kappa shape index (κ3) is 4.45. The number of rotatable bonds is 4. The van der Waals surface area contributed by atoms with Crippen LogP contribution in [0.2, 0.25) is 0 Å². The number of aromatic nitrogens is 1. The summed E-state index contributed by atoms with van der Waals surface area (Å²) in [6.45, 7) is 3.36. The van der Waals surface area contributed by atoms with E-state index in [1.54, 1.807) is 26.0 Å². The molecular formula is C20H16F3N3O2S. The molecule has 2 amide bonds. The van der Waals surface area contributed by atoms with Crippen molar-refractivity contribution in [3.05, 3.63) is 69.7 Å². The fraction of sp³-hybridized carbons (Fsp3) is 0.150. The molecule has 0 atom stereocenters. The zero-order chi connectivity index (χ0) is 21.3. The Morgan fingerprint density at radius 2 is 1.72 bits per heavy atom. The van der Waals surface area contributed by atoms with E-state index in [0.717, 1.165) is 23.5 Å². The van der Waals surface area contributed by atoms with Crippen LogP contribution in [0.4, 0.5) is 18.9 Å². The van der Waals surface area contributed by atoms with Crippen LogP contribution in [0, 0.1) is 13.8 Å². The quantitative estimate of drug-likeness (QED) is 0.637. The van der Waals surface area contributed by atoms with Gasteiger partial charge in [0.05, 0.1) is 11.3 Å². The number of anilines is 1. The van der Waals surface area contributed by atoms with Gasteiger partial charge >= 0.3 is 6.18 Å². The van der Waals surface area contributed by atoms with Crippen molar-refractivity contribution in [2.45, 2.75) is 20.0 Å². The van der Waals surface area contributed by atoms with Gasteiger partial charge in [-0.2, -0.15) is 13.2 Å². The van der Waals surface area contributed by atoms with Gasteiger partial charge in [0.1, 0.15) is 9.88 Å². The Bertz CT molecular complexity index is 1090. The Morgan fingerprint density at radius 1 is 1.07 bits per heavy atom. The predicted octanol–water partition coefficient (Wildman–Crippen LogP) is 4.80. The average molecular weight is 419 g/mol. The number of halogens is 3. The Labute approximate surface area is 168 Å². The lowest BCUT2D eigenvalue weighted by molar-refractivity contribution is -0.137.